The van der Waals surface area contributed by atoms with Gasteiger partial charge in [0.1, 0.15) is 38.4 Å². The molecule has 3 N–H and O–H groups in total. The average molecular weight is 384 g/mol. The second-order valence-electron chi connectivity index (χ2n) is 7.50. The van der Waals surface area contributed by atoms with Crippen LogP contribution in [-0.4, -0.2) is 43.1 Å². The number of aryl methyl sites for hydroxylation is 1. The zero-order valence-corrected chi connectivity index (χ0v) is 16.4. The van der Waals surface area contributed by atoms with E-state index in [1.807, 2.05) is 6.92 Å². The molecule has 28 heavy (non-hydrogen) atoms. The molecule has 0 bridgehead atoms. The SMILES string of the molecule is Cc1ccccc1C[NH+]1CC[NH+]([C@@H](C)C(=O)Nc2ccccc2[N+](=O)[O-])CC1. The summed E-state index contributed by atoms with van der Waals surface area (Å²) in [7, 11) is 0. The number of rotatable bonds is 6. The smallest absolute Gasteiger partial charge is 0.292 e. The standard InChI is InChI=1S/C21H26N4O3/c1-16-7-3-4-8-18(16)15-23-11-13-24(14-12-23)17(2)21(26)22-19-9-5-6-10-20(19)25(27)28/h3-10,17H,11-15H2,1-2H3,(H,22,26)/p+2/t17-/m0/s1. The van der Waals surface area contributed by atoms with E-state index in [0.29, 0.717) is 0 Å². The molecule has 0 radical (unpaired) electrons. The van der Waals surface area contributed by atoms with Crippen molar-refractivity contribution in [3.63, 3.8) is 0 Å². The molecule has 1 saturated heterocycles. The molecule has 2 aromatic rings. The summed E-state index contributed by atoms with van der Waals surface area (Å²) >= 11 is 0. The number of nitrogens with one attached hydrogen (secondary N) is 3. The largest absolute Gasteiger partial charge is 0.322 e. The summed E-state index contributed by atoms with van der Waals surface area (Å²) in [6, 6.07) is 14.5. The molecule has 1 fully saturated rings. The van der Waals surface area contributed by atoms with Crippen LogP contribution in [0.2, 0.25) is 0 Å². The van der Waals surface area contributed by atoms with E-state index in [4.69, 9.17) is 0 Å². The normalized spacial score (nSPS) is 20.4. The molecule has 1 atom stereocenters. The molecular weight excluding hydrogens is 356 g/mol. The van der Waals surface area contributed by atoms with Gasteiger partial charge >= 0.3 is 0 Å². The number of para-hydroxylation sites is 2. The number of nitro benzene ring substituents is 1. The summed E-state index contributed by atoms with van der Waals surface area (Å²) in [5.74, 6) is -0.174. The van der Waals surface area contributed by atoms with Crippen LogP contribution in [0.4, 0.5) is 11.4 Å². The zero-order valence-electron chi connectivity index (χ0n) is 16.4. The Morgan fingerprint density at radius 3 is 2.43 bits per heavy atom. The molecule has 0 aliphatic carbocycles. The van der Waals surface area contributed by atoms with Gasteiger partial charge in [0.15, 0.2) is 6.04 Å². The summed E-state index contributed by atoms with van der Waals surface area (Å²) in [5.41, 5.74) is 2.88. The topological polar surface area (TPSA) is 81.1 Å². The fourth-order valence-corrected chi connectivity index (χ4v) is 3.78. The third-order valence-corrected chi connectivity index (χ3v) is 5.67. The van der Waals surface area contributed by atoms with Crippen LogP contribution in [-0.2, 0) is 11.3 Å². The van der Waals surface area contributed by atoms with Crippen molar-refractivity contribution in [2.24, 2.45) is 0 Å². The zero-order chi connectivity index (χ0) is 20.1. The van der Waals surface area contributed by atoms with Crippen LogP contribution in [0.1, 0.15) is 18.1 Å². The monoisotopic (exact) mass is 384 g/mol. The van der Waals surface area contributed by atoms with Crippen LogP contribution < -0.4 is 15.1 Å². The molecule has 1 aliphatic heterocycles. The highest BCUT2D eigenvalue weighted by Gasteiger charge is 2.32. The summed E-state index contributed by atoms with van der Waals surface area (Å²) < 4.78 is 0. The van der Waals surface area contributed by atoms with Crippen molar-refractivity contribution in [2.45, 2.75) is 26.4 Å². The molecule has 7 heteroatoms. The molecule has 0 saturated carbocycles. The van der Waals surface area contributed by atoms with Crippen LogP contribution >= 0.6 is 0 Å². The van der Waals surface area contributed by atoms with Crippen molar-refractivity contribution in [3.05, 3.63) is 69.8 Å². The third-order valence-electron chi connectivity index (χ3n) is 5.67. The Kier molecular flexibility index (Phi) is 6.38. The minimum atomic E-state index is -0.471. The second-order valence-corrected chi connectivity index (χ2v) is 7.50. The number of nitro groups is 1. The first-order valence-corrected chi connectivity index (χ1v) is 9.72. The molecule has 0 spiro atoms. The van der Waals surface area contributed by atoms with Crippen LogP contribution in [0.25, 0.3) is 0 Å². The number of carbonyl (C=O) groups excluding carboxylic acids is 1. The minimum Gasteiger partial charge on any atom is -0.322 e. The molecule has 1 heterocycles. The lowest BCUT2D eigenvalue weighted by Gasteiger charge is -2.32. The molecule has 1 aliphatic rings. The van der Waals surface area contributed by atoms with Crippen molar-refractivity contribution in [3.8, 4) is 0 Å². The lowest BCUT2D eigenvalue weighted by atomic mass is 10.1. The van der Waals surface area contributed by atoms with Crippen LogP contribution in [0.5, 0.6) is 0 Å². The Bertz CT molecular complexity index is 847. The number of benzene rings is 2. The van der Waals surface area contributed by atoms with Gasteiger partial charge < -0.3 is 15.1 Å². The Morgan fingerprint density at radius 2 is 1.75 bits per heavy atom. The number of anilines is 1. The third kappa shape index (κ3) is 4.74. The lowest BCUT2D eigenvalue weighted by molar-refractivity contribution is -1.02. The lowest BCUT2D eigenvalue weighted by Crippen LogP contribution is -3.29. The number of piperazine rings is 1. The van der Waals surface area contributed by atoms with Crippen LogP contribution in [0.15, 0.2) is 48.5 Å². The predicted octanol–water partition coefficient (Wildman–Crippen LogP) is 0.214. The van der Waals surface area contributed by atoms with Gasteiger partial charge in [0.2, 0.25) is 0 Å². The quantitative estimate of drug-likeness (QED) is 0.492. The van der Waals surface area contributed by atoms with Crippen molar-refractivity contribution in [1.29, 1.82) is 0 Å². The number of amides is 1. The second kappa shape index (κ2) is 8.95. The minimum absolute atomic E-state index is 0.0782. The number of nitrogens with zero attached hydrogens (tertiary/aromatic N) is 1. The molecule has 0 unspecified atom stereocenters. The Labute approximate surface area is 165 Å². The highest BCUT2D eigenvalue weighted by molar-refractivity contribution is 5.95. The summed E-state index contributed by atoms with van der Waals surface area (Å²) in [6.45, 7) is 8.88. The number of hydrogen-bond donors (Lipinski definition) is 3. The van der Waals surface area contributed by atoms with E-state index < -0.39 is 4.92 Å². The van der Waals surface area contributed by atoms with Gasteiger partial charge in [-0.05, 0) is 25.5 Å². The summed E-state index contributed by atoms with van der Waals surface area (Å²) in [4.78, 5) is 26.1. The number of hydrogen-bond acceptors (Lipinski definition) is 3. The van der Waals surface area contributed by atoms with E-state index >= 15 is 0 Å². The van der Waals surface area contributed by atoms with Crippen LogP contribution in [0.3, 0.4) is 0 Å². The maximum absolute atomic E-state index is 12.6. The van der Waals surface area contributed by atoms with Gasteiger partial charge in [-0.2, -0.15) is 0 Å². The highest BCUT2D eigenvalue weighted by atomic mass is 16.6. The van der Waals surface area contributed by atoms with Crippen LogP contribution in [0, 0.1) is 17.0 Å². The highest BCUT2D eigenvalue weighted by Crippen LogP contribution is 2.23. The fraction of sp³-hybridized carbons (Fsp3) is 0.381. The summed E-state index contributed by atoms with van der Waals surface area (Å²) in [5, 5.41) is 13.9. The molecule has 148 valence electrons. The summed E-state index contributed by atoms with van der Waals surface area (Å²) in [6.07, 6.45) is 0. The Hall–Kier alpha value is -2.77. The van der Waals surface area contributed by atoms with E-state index in [9.17, 15) is 14.9 Å². The Morgan fingerprint density at radius 1 is 1.11 bits per heavy atom. The van der Waals surface area contributed by atoms with Crippen molar-refractivity contribution in [2.75, 3.05) is 31.5 Å². The first kappa shape index (κ1) is 20.0. The van der Waals surface area contributed by atoms with E-state index in [2.05, 4.69) is 36.5 Å². The van der Waals surface area contributed by atoms with Gasteiger partial charge in [-0.1, -0.05) is 36.4 Å². The molecule has 3 rings (SSSR count). The van der Waals surface area contributed by atoms with Crippen molar-refractivity contribution >= 4 is 17.3 Å². The molecule has 0 aromatic heterocycles. The van der Waals surface area contributed by atoms with Gasteiger partial charge in [0.05, 0.1) is 4.92 Å². The van der Waals surface area contributed by atoms with E-state index in [1.165, 1.54) is 27.0 Å². The fourth-order valence-electron chi connectivity index (χ4n) is 3.78. The molecule has 2 aromatic carbocycles. The first-order chi connectivity index (χ1) is 13.5. The van der Waals surface area contributed by atoms with Gasteiger partial charge in [-0.3, -0.25) is 14.9 Å². The maximum atomic E-state index is 12.6. The Balaban J connectivity index is 1.55. The van der Waals surface area contributed by atoms with Crippen molar-refractivity contribution in [1.82, 2.24) is 0 Å². The predicted molar refractivity (Wildman–Crippen MR) is 107 cm³/mol. The first-order valence-electron chi connectivity index (χ1n) is 9.72. The molecular formula is C21H28N4O3+2. The number of quaternary nitrogens is 2. The van der Waals surface area contributed by atoms with Gasteiger partial charge in [0, 0.05) is 11.6 Å². The van der Waals surface area contributed by atoms with E-state index in [0.717, 1.165) is 32.7 Å². The van der Waals surface area contributed by atoms with E-state index in [1.54, 1.807) is 18.2 Å². The molecule has 7 nitrogen and oxygen atoms in total. The molecule has 1 amide bonds. The van der Waals surface area contributed by atoms with E-state index in [-0.39, 0.29) is 23.3 Å². The van der Waals surface area contributed by atoms with Crippen molar-refractivity contribution < 1.29 is 19.5 Å². The average Bonchev–Trinajstić information content (AvgIpc) is 2.70. The number of carbonyl (C=O) groups is 1. The maximum Gasteiger partial charge on any atom is 0.292 e. The van der Waals surface area contributed by atoms with Gasteiger partial charge in [-0.25, -0.2) is 0 Å². The van der Waals surface area contributed by atoms with Gasteiger partial charge in [-0.15, -0.1) is 0 Å². The van der Waals surface area contributed by atoms with Gasteiger partial charge in [0.25, 0.3) is 11.6 Å².